The summed E-state index contributed by atoms with van der Waals surface area (Å²) in [6.45, 7) is 2.00. The maximum Gasteiger partial charge on any atom is 0.417 e. The first-order valence-corrected chi connectivity index (χ1v) is 9.29. The Labute approximate surface area is 158 Å². The first kappa shape index (κ1) is 19.3. The summed E-state index contributed by atoms with van der Waals surface area (Å²) in [5.41, 5.74) is -1.49. The Morgan fingerprint density at radius 3 is 2.65 bits per heavy atom. The molecule has 9 heteroatoms. The fourth-order valence-corrected chi connectivity index (χ4v) is 4.39. The fourth-order valence-electron chi connectivity index (χ4n) is 2.99. The molecule has 0 spiro atoms. The normalized spacial score (nSPS) is 18.9. The number of benzene rings is 1. The van der Waals surface area contributed by atoms with Crippen LogP contribution in [0.1, 0.15) is 18.4 Å². The summed E-state index contributed by atoms with van der Waals surface area (Å²) in [5.74, 6) is -0.576. The summed E-state index contributed by atoms with van der Waals surface area (Å²) in [6.07, 6.45) is -2.50. The molecule has 0 radical (unpaired) electrons. The summed E-state index contributed by atoms with van der Waals surface area (Å²) in [4.78, 5) is 2.24. The molecule has 1 fully saturated rings. The van der Waals surface area contributed by atoms with Crippen LogP contribution in [-0.4, -0.2) is 45.6 Å². The molecule has 1 N–H and O–H groups in total. The smallest absolute Gasteiger partial charge is 0.417 e. The number of rotatable bonds is 3. The van der Waals surface area contributed by atoms with Gasteiger partial charge >= 0.3 is 6.18 Å². The molecule has 2 aromatic rings. The molecule has 1 aromatic heterocycles. The minimum absolute atomic E-state index is 0.0448. The summed E-state index contributed by atoms with van der Waals surface area (Å²) >= 11 is 7.23. The highest BCUT2D eigenvalue weighted by molar-refractivity contribution is 7.99. The number of thioether (sulfide) groups is 1. The molecule has 1 aliphatic rings. The Kier molecular flexibility index (Phi) is 5.64. The summed E-state index contributed by atoms with van der Waals surface area (Å²) in [5, 5.41) is 18.8. The van der Waals surface area contributed by atoms with Crippen molar-refractivity contribution in [3.63, 3.8) is 0 Å². The van der Waals surface area contributed by atoms with E-state index in [1.807, 2.05) is 0 Å². The molecule has 0 bridgehead atoms. The number of piperidine rings is 1. The second kappa shape index (κ2) is 7.62. The van der Waals surface area contributed by atoms with Crippen LogP contribution in [0.4, 0.5) is 13.2 Å². The van der Waals surface area contributed by atoms with Crippen LogP contribution in [0.15, 0.2) is 29.3 Å². The van der Waals surface area contributed by atoms with Gasteiger partial charge in [-0.25, -0.2) is 0 Å². The van der Waals surface area contributed by atoms with Crippen LogP contribution in [0, 0.1) is 0 Å². The van der Waals surface area contributed by atoms with Crippen molar-refractivity contribution in [3.05, 3.63) is 34.9 Å². The lowest BCUT2D eigenvalue weighted by Crippen LogP contribution is -2.33. The molecule has 140 valence electrons. The molecule has 2 heterocycles. The lowest BCUT2D eigenvalue weighted by Gasteiger charge is -2.28. The monoisotopic (exact) mass is 403 g/mol. The van der Waals surface area contributed by atoms with Gasteiger partial charge in [-0.3, -0.25) is 0 Å². The average molecular weight is 404 g/mol. The molecule has 26 heavy (non-hydrogen) atoms. The highest BCUT2D eigenvalue weighted by Gasteiger charge is 2.36. The van der Waals surface area contributed by atoms with Gasteiger partial charge in [-0.1, -0.05) is 23.4 Å². The molecule has 1 atom stereocenters. The number of hydrogen-bond donors (Lipinski definition) is 1. The van der Waals surface area contributed by atoms with Crippen LogP contribution in [0.25, 0.3) is 11.3 Å². The molecule has 1 aliphatic heterocycles. The van der Waals surface area contributed by atoms with Crippen molar-refractivity contribution in [1.82, 2.24) is 15.1 Å². The predicted octanol–water partition coefficient (Wildman–Crippen LogP) is 4.71. The number of alkyl halides is 3. The summed E-state index contributed by atoms with van der Waals surface area (Å²) < 4.78 is 39.9. The summed E-state index contributed by atoms with van der Waals surface area (Å²) in [6, 6.07) is 4.92. The third-order valence-corrected chi connectivity index (χ3v) is 5.55. The zero-order chi connectivity index (χ0) is 18.9. The highest BCUT2D eigenvalue weighted by Crippen LogP contribution is 2.43. The average Bonchev–Trinajstić information content (AvgIpc) is 2.54. The minimum atomic E-state index is -4.67. The van der Waals surface area contributed by atoms with Crippen molar-refractivity contribution in [3.8, 4) is 17.0 Å². The first-order valence-electron chi connectivity index (χ1n) is 8.03. The number of phenols is 1. The summed E-state index contributed by atoms with van der Waals surface area (Å²) in [7, 11) is 2.06. The Hall–Kier alpha value is -1.51. The van der Waals surface area contributed by atoms with Gasteiger partial charge in [0.25, 0.3) is 0 Å². The van der Waals surface area contributed by atoms with E-state index in [0.717, 1.165) is 38.1 Å². The zero-order valence-corrected chi connectivity index (χ0v) is 15.5. The second-order valence-electron chi connectivity index (χ2n) is 6.25. The van der Waals surface area contributed by atoms with E-state index >= 15 is 0 Å². The van der Waals surface area contributed by atoms with Gasteiger partial charge in [0, 0.05) is 16.8 Å². The van der Waals surface area contributed by atoms with Crippen molar-refractivity contribution in [2.45, 2.75) is 29.3 Å². The first-order chi connectivity index (χ1) is 12.2. The molecule has 0 saturated carbocycles. The van der Waals surface area contributed by atoms with E-state index in [9.17, 15) is 18.3 Å². The van der Waals surface area contributed by atoms with Gasteiger partial charge in [-0.05, 0) is 50.7 Å². The number of aromatic nitrogens is 2. The second-order valence-corrected chi connectivity index (χ2v) is 8.00. The Balaban J connectivity index is 1.87. The van der Waals surface area contributed by atoms with E-state index in [0.29, 0.717) is 10.3 Å². The number of hydrogen-bond acceptors (Lipinski definition) is 5. The lowest BCUT2D eigenvalue weighted by molar-refractivity contribution is -0.137. The molecule has 1 aromatic carbocycles. The highest BCUT2D eigenvalue weighted by atomic mass is 35.5. The number of nitrogens with zero attached hydrogens (tertiary/aromatic N) is 3. The zero-order valence-electron chi connectivity index (χ0n) is 13.9. The van der Waals surface area contributed by atoms with E-state index < -0.39 is 23.1 Å². The van der Waals surface area contributed by atoms with Crippen LogP contribution >= 0.6 is 23.4 Å². The fraction of sp³-hybridized carbons (Fsp3) is 0.412. The van der Waals surface area contributed by atoms with E-state index in [4.69, 9.17) is 11.6 Å². The van der Waals surface area contributed by atoms with Crippen molar-refractivity contribution in [2.24, 2.45) is 0 Å². The third kappa shape index (κ3) is 4.42. The number of aromatic hydroxyl groups is 1. The van der Waals surface area contributed by atoms with E-state index in [1.54, 1.807) is 17.8 Å². The Morgan fingerprint density at radius 2 is 2.04 bits per heavy atom. The third-order valence-electron chi connectivity index (χ3n) is 4.15. The molecule has 0 aliphatic carbocycles. The Morgan fingerprint density at radius 1 is 1.27 bits per heavy atom. The predicted molar refractivity (Wildman–Crippen MR) is 95.5 cm³/mol. The van der Waals surface area contributed by atoms with Gasteiger partial charge < -0.3 is 10.0 Å². The van der Waals surface area contributed by atoms with Crippen molar-refractivity contribution >= 4 is 23.4 Å². The number of halogens is 4. The van der Waals surface area contributed by atoms with Gasteiger partial charge in [0.05, 0.1) is 16.8 Å². The van der Waals surface area contributed by atoms with Crippen LogP contribution in [0.3, 0.4) is 0 Å². The lowest BCUT2D eigenvalue weighted by atomic mass is 10.0. The Bertz CT molecular complexity index is 786. The van der Waals surface area contributed by atoms with Crippen LogP contribution in [-0.2, 0) is 6.18 Å². The van der Waals surface area contributed by atoms with Crippen LogP contribution < -0.4 is 0 Å². The van der Waals surface area contributed by atoms with Gasteiger partial charge in [0.2, 0.25) is 0 Å². The molecule has 4 nitrogen and oxygen atoms in total. The van der Waals surface area contributed by atoms with E-state index in [-0.39, 0.29) is 10.7 Å². The minimum Gasteiger partial charge on any atom is -0.507 e. The van der Waals surface area contributed by atoms with Crippen LogP contribution in [0.2, 0.25) is 5.02 Å². The molecular formula is C17H17ClF3N3OS. The number of phenolic OH excluding ortho intramolecular Hbond substituents is 1. The molecule has 3 rings (SSSR count). The standard InChI is InChI=1S/C17H17ClF3N3OS/c1-24-6-2-3-11(9-24)26-15-5-4-13(22-23-15)16-12(17(19,20)21)7-10(18)8-14(16)25/h4-5,7-8,11,25H,2-3,6,9H2,1H3/t11-/m1/s1. The van der Waals surface area contributed by atoms with Gasteiger partial charge in [-0.15, -0.1) is 10.2 Å². The SMILES string of the molecule is CN1CCC[C@@H](Sc2ccc(-c3c(O)cc(Cl)cc3C(F)(F)F)nn2)C1. The quantitative estimate of drug-likeness (QED) is 0.804. The topological polar surface area (TPSA) is 49.2 Å². The van der Waals surface area contributed by atoms with Gasteiger partial charge in [-0.2, -0.15) is 13.2 Å². The van der Waals surface area contributed by atoms with Crippen molar-refractivity contribution in [1.29, 1.82) is 0 Å². The molecule has 1 saturated heterocycles. The van der Waals surface area contributed by atoms with Crippen LogP contribution in [0.5, 0.6) is 5.75 Å². The van der Waals surface area contributed by atoms with Gasteiger partial charge in [0.1, 0.15) is 10.8 Å². The molecule has 0 amide bonds. The largest absolute Gasteiger partial charge is 0.507 e. The molecular weight excluding hydrogens is 387 g/mol. The van der Waals surface area contributed by atoms with E-state index in [1.165, 1.54) is 6.07 Å². The van der Waals surface area contributed by atoms with E-state index in [2.05, 4.69) is 22.1 Å². The van der Waals surface area contributed by atoms with Gasteiger partial charge in [0.15, 0.2) is 0 Å². The number of likely N-dealkylation sites (tertiary alicyclic amines) is 1. The molecule has 0 unspecified atom stereocenters. The van der Waals surface area contributed by atoms with Crippen molar-refractivity contribution in [2.75, 3.05) is 20.1 Å². The van der Waals surface area contributed by atoms with Crippen molar-refractivity contribution < 1.29 is 18.3 Å². The maximum absolute atomic E-state index is 13.3. The maximum atomic E-state index is 13.3.